The Morgan fingerprint density at radius 2 is 2.15 bits per heavy atom. The van der Waals surface area contributed by atoms with Crippen LogP contribution in [0.2, 0.25) is 0 Å². The second-order valence-electron chi connectivity index (χ2n) is 6.82. The maximum atomic E-state index is 12.1. The Morgan fingerprint density at radius 1 is 1.35 bits per heavy atom. The molecule has 1 spiro atoms. The molecule has 1 amide bonds. The molecule has 2 heterocycles. The van der Waals surface area contributed by atoms with Crippen molar-refractivity contribution >= 4 is 5.91 Å². The van der Waals surface area contributed by atoms with Crippen molar-refractivity contribution in [2.24, 2.45) is 5.92 Å². The summed E-state index contributed by atoms with van der Waals surface area (Å²) in [6, 6.07) is 0.198. The molecule has 0 radical (unpaired) electrons. The monoisotopic (exact) mass is 282 g/mol. The van der Waals surface area contributed by atoms with Gasteiger partial charge >= 0.3 is 0 Å². The molecule has 3 aliphatic rings. The predicted molar refractivity (Wildman–Crippen MR) is 75.5 cm³/mol. The zero-order valence-corrected chi connectivity index (χ0v) is 12.6. The molecule has 3 fully saturated rings. The first-order valence-electron chi connectivity index (χ1n) is 7.81. The SMILES string of the molecule is CC(C)N1CC2(COCC1=O)CN(CC1CC1)CCO2. The average Bonchev–Trinajstić information content (AvgIpc) is 3.20. The summed E-state index contributed by atoms with van der Waals surface area (Å²) in [6.45, 7) is 9.31. The van der Waals surface area contributed by atoms with E-state index in [0.717, 1.165) is 25.6 Å². The Labute approximate surface area is 121 Å². The van der Waals surface area contributed by atoms with Gasteiger partial charge in [0.05, 0.1) is 19.8 Å². The molecule has 1 aliphatic carbocycles. The molecule has 1 unspecified atom stereocenters. The van der Waals surface area contributed by atoms with Crippen LogP contribution in [-0.4, -0.2) is 73.3 Å². The van der Waals surface area contributed by atoms with Crippen molar-refractivity contribution in [1.29, 1.82) is 0 Å². The quantitative estimate of drug-likeness (QED) is 0.765. The minimum Gasteiger partial charge on any atom is -0.369 e. The summed E-state index contributed by atoms with van der Waals surface area (Å²) < 4.78 is 11.7. The van der Waals surface area contributed by atoms with E-state index >= 15 is 0 Å². The Bertz CT molecular complexity index is 370. The van der Waals surface area contributed by atoms with Gasteiger partial charge < -0.3 is 14.4 Å². The van der Waals surface area contributed by atoms with Gasteiger partial charge in [-0.15, -0.1) is 0 Å². The summed E-state index contributed by atoms with van der Waals surface area (Å²) in [4.78, 5) is 16.5. The van der Waals surface area contributed by atoms with Gasteiger partial charge in [0, 0.05) is 25.7 Å². The topological polar surface area (TPSA) is 42.0 Å². The Morgan fingerprint density at radius 3 is 2.85 bits per heavy atom. The van der Waals surface area contributed by atoms with Gasteiger partial charge in [0.2, 0.25) is 5.91 Å². The van der Waals surface area contributed by atoms with Crippen LogP contribution in [0.15, 0.2) is 0 Å². The van der Waals surface area contributed by atoms with Crippen LogP contribution in [0.25, 0.3) is 0 Å². The second-order valence-corrected chi connectivity index (χ2v) is 6.82. The fourth-order valence-electron chi connectivity index (χ4n) is 3.25. The molecule has 0 aromatic carbocycles. The van der Waals surface area contributed by atoms with Crippen molar-refractivity contribution in [3.63, 3.8) is 0 Å². The Balaban J connectivity index is 1.69. The molecule has 0 aromatic heterocycles. The van der Waals surface area contributed by atoms with Crippen molar-refractivity contribution in [2.75, 3.05) is 46.0 Å². The normalized spacial score (nSPS) is 33.0. The highest BCUT2D eigenvalue weighted by Gasteiger charge is 2.43. The largest absolute Gasteiger partial charge is 0.369 e. The smallest absolute Gasteiger partial charge is 0.248 e. The lowest BCUT2D eigenvalue weighted by Gasteiger charge is -2.44. The summed E-state index contributed by atoms with van der Waals surface area (Å²) in [5, 5.41) is 0. The number of hydrogen-bond donors (Lipinski definition) is 0. The van der Waals surface area contributed by atoms with E-state index in [-0.39, 0.29) is 24.2 Å². The average molecular weight is 282 g/mol. The van der Waals surface area contributed by atoms with Crippen molar-refractivity contribution in [2.45, 2.75) is 38.3 Å². The molecule has 5 nitrogen and oxygen atoms in total. The third kappa shape index (κ3) is 3.15. The molecular formula is C15H26N2O3. The predicted octanol–water partition coefficient (Wildman–Crippen LogP) is 0.735. The van der Waals surface area contributed by atoms with Crippen LogP contribution in [0.3, 0.4) is 0 Å². The van der Waals surface area contributed by atoms with Gasteiger partial charge in [-0.05, 0) is 32.6 Å². The van der Waals surface area contributed by atoms with E-state index in [1.54, 1.807) is 0 Å². The Hall–Kier alpha value is -0.650. The van der Waals surface area contributed by atoms with E-state index in [9.17, 15) is 4.79 Å². The highest BCUT2D eigenvalue weighted by atomic mass is 16.5. The van der Waals surface area contributed by atoms with E-state index in [1.165, 1.54) is 19.4 Å². The first-order valence-corrected chi connectivity index (χ1v) is 7.81. The third-order valence-electron chi connectivity index (χ3n) is 4.53. The standard InChI is InChI=1S/C15H26N2O3/c1-12(2)17-10-15(11-19-8-14(17)18)9-16(5-6-20-15)7-13-3-4-13/h12-13H,3-11H2,1-2H3. The van der Waals surface area contributed by atoms with E-state index in [1.807, 2.05) is 4.90 Å². The molecule has 0 N–H and O–H groups in total. The number of amides is 1. The van der Waals surface area contributed by atoms with Crippen LogP contribution in [0.5, 0.6) is 0 Å². The summed E-state index contributed by atoms with van der Waals surface area (Å²) in [5.74, 6) is 0.972. The number of ether oxygens (including phenoxy) is 2. The van der Waals surface area contributed by atoms with E-state index < -0.39 is 0 Å². The van der Waals surface area contributed by atoms with E-state index in [0.29, 0.717) is 13.2 Å². The van der Waals surface area contributed by atoms with E-state index in [4.69, 9.17) is 9.47 Å². The molecule has 3 rings (SSSR count). The minimum absolute atomic E-state index is 0.0831. The zero-order valence-electron chi connectivity index (χ0n) is 12.6. The lowest BCUT2D eigenvalue weighted by Crippen LogP contribution is -2.60. The zero-order chi connectivity index (χ0) is 14.2. The second kappa shape index (κ2) is 5.62. The lowest BCUT2D eigenvalue weighted by molar-refractivity contribution is -0.146. The number of nitrogens with zero attached hydrogens (tertiary/aromatic N) is 2. The summed E-state index contributed by atoms with van der Waals surface area (Å²) in [6.07, 6.45) is 2.74. The van der Waals surface area contributed by atoms with Crippen LogP contribution < -0.4 is 0 Å². The van der Waals surface area contributed by atoms with Crippen LogP contribution in [0, 0.1) is 5.92 Å². The molecule has 114 valence electrons. The van der Waals surface area contributed by atoms with Gasteiger partial charge in [0.1, 0.15) is 12.2 Å². The van der Waals surface area contributed by atoms with Crippen LogP contribution in [0.4, 0.5) is 0 Å². The van der Waals surface area contributed by atoms with Crippen LogP contribution >= 0.6 is 0 Å². The first-order chi connectivity index (χ1) is 9.58. The number of hydrogen-bond acceptors (Lipinski definition) is 4. The molecule has 5 heteroatoms. The maximum Gasteiger partial charge on any atom is 0.248 e. The molecule has 20 heavy (non-hydrogen) atoms. The number of carbonyl (C=O) groups is 1. The molecule has 1 saturated carbocycles. The molecule has 0 bridgehead atoms. The van der Waals surface area contributed by atoms with Crippen molar-refractivity contribution in [1.82, 2.24) is 9.80 Å². The molecule has 2 saturated heterocycles. The maximum absolute atomic E-state index is 12.1. The van der Waals surface area contributed by atoms with Gasteiger partial charge in [0.15, 0.2) is 0 Å². The van der Waals surface area contributed by atoms with E-state index in [2.05, 4.69) is 18.7 Å². The molecule has 0 aromatic rings. The fraction of sp³-hybridized carbons (Fsp3) is 0.933. The lowest BCUT2D eigenvalue weighted by atomic mass is 10.0. The molecule has 1 atom stereocenters. The van der Waals surface area contributed by atoms with Gasteiger partial charge in [-0.3, -0.25) is 9.69 Å². The highest BCUT2D eigenvalue weighted by molar-refractivity contribution is 5.78. The summed E-state index contributed by atoms with van der Waals surface area (Å²) >= 11 is 0. The first kappa shape index (κ1) is 14.3. The van der Waals surface area contributed by atoms with Gasteiger partial charge in [-0.2, -0.15) is 0 Å². The summed E-state index contributed by atoms with van der Waals surface area (Å²) in [5.41, 5.74) is -0.330. The number of rotatable bonds is 3. The van der Waals surface area contributed by atoms with Crippen molar-refractivity contribution < 1.29 is 14.3 Å². The molecular weight excluding hydrogens is 256 g/mol. The van der Waals surface area contributed by atoms with Gasteiger partial charge in [-0.1, -0.05) is 0 Å². The van der Waals surface area contributed by atoms with Gasteiger partial charge in [0.25, 0.3) is 0 Å². The number of morpholine rings is 1. The van der Waals surface area contributed by atoms with Crippen LogP contribution in [0.1, 0.15) is 26.7 Å². The third-order valence-corrected chi connectivity index (χ3v) is 4.53. The molecule has 2 aliphatic heterocycles. The van der Waals surface area contributed by atoms with Gasteiger partial charge in [-0.25, -0.2) is 0 Å². The van der Waals surface area contributed by atoms with Crippen molar-refractivity contribution in [3.05, 3.63) is 0 Å². The minimum atomic E-state index is -0.330. The highest BCUT2D eigenvalue weighted by Crippen LogP contribution is 2.32. The number of carbonyl (C=O) groups excluding carboxylic acids is 1. The Kier molecular flexibility index (Phi) is 4.02. The summed E-state index contributed by atoms with van der Waals surface area (Å²) in [7, 11) is 0. The van der Waals surface area contributed by atoms with Crippen LogP contribution in [-0.2, 0) is 14.3 Å². The fourth-order valence-corrected chi connectivity index (χ4v) is 3.25. The van der Waals surface area contributed by atoms with Crippen molar-refractivity contribution in [3.8, 4) is 0 Å².